The molecule has 2 unspecified atom stereocenters. The molecular formula is C20H29N3O3. The molecule has 4 atom stereocenters. The van der Waals surface area contributed by atoms with Gasteiger partial charge in [0.05, 0.1) is 12.1 Å². The third-order valence-electron chi connectivity index (χ3n) is 6.47. The standard InChI is InChI=1S/C20H29N3O3/c1-11(2)18-20(10-23(18)3)8-15(16(24)9-20)22-19(26)13-6-14(12-4-5-12)21-17(25)7-13/h6-7,11-12,15-16,18,24H,4-5,8-10H2,1-3H3,(H,21,25)(H,22,26)/t15-,16-,18?,20?/m1/s1. The van der Waals surface area contributed by atoms with Crippen LogP contribution in [0.3, 0.4) is 0 Å². The van der Waals surface area contributed by atoms with E-state index < -0.39 is 6.10 Å². The van der Waals surface area contributed by atoms with Crippen molar-refractivity contribution in [2.24, 2.45) is 11.3 Å². The molecular weight excluding hydrogens is 330 g/mol. The van der Waals surface area contributed by atoms with E-state index in [0.717, 1.165) is 37.9 Å². The Morgan fingerprint density at radius 3 is 2.69 bits per heavy atom. The zero-order valence-electron chi connectivity index (χ0n) is 15.8. The molecule has 1 amide bonds. The number of hydrogen-bond donors (Lipinski definition) is 3. The Balaban J connectivity index is 1.48. The Labute approximate surface area is 154 Å². The second kappa shape index (κ2) is 6.20. The molecule has 0 radical (unpaired) electrons. The highest BCUT2D eigenvalue weighted by Gasteiger charge is 2.58. The monoisotopic (exact) mass is 359 g/mol. The Kier molecular flexibility index (Phi) is 4.23. The normalized spacial score (nSPS) is 34.3. The van der Waals surface area contributed by atoms with E-state index in [1.54, 1.807) is 6.07 Å². The number of rotatable bonds is 4. The van der Waals surface area contributed by atoms with Crippen LogP contribution in [0.25, 0.3) is 0 Å². The first-order chi connectivity index (χ1) is 12.3. The first kappa shape index (κ1) is 17.7. The van der Waals surface area contributed by atoms with E-state index in [4.69, 9.17) is 0 Å². The molecule has 26 heavy (non-hydrogen) atoms. The molecule has 0 aromatic carbocycles. The molecule has 3 N–H and O–H groups in total. The maximum atomic E-state index is 12.7. The Morgan fingerprint density at radius 2 is 2.08 bits per heavy atom. The van der Waals surface area contributed by atoms with Crippen LogP contribution in [0.2, 0.25) is 0 Å². The van der Waals surface area contributed by atoms with Gasteiger partial charge in [0.1, 0.15) is 0 Å². The molecule has 0 bridgehead atoms. The van der Waals surface area contributed by atoms with Gasteiger partial charge in [-0.05, 0) is 50.6 Å². The van der Waals surface area contributed by atoms with Crippen molar-refractivity contribution in [2.75, 3.05) is 13.6 Å². The SMILES string of the molecule is CC(C)C1N(C)CC12C[C@@H](O)[C@H](NC(=O)c1cc(C3CC3)[nH]c(=O)c1)C2. The van der Waals surface area contributed by atoms with Gasteiger partial charge in [-0.3, -0.25) is 9.59 Å². The van der Waals surface area contributed by atoms with Crippen molar-refractivity contribution in [1.29, 1.82) is 0 Å². The predicted molar refractivity (Wildman–Crippen MR) is 99.2 cm³/mol. The lowest BCUT2D eigenvalue weighted by Crippen LogP contribution is -2.64. The van der Waals surface area contributed by atoms with Gasteiger partial charge < -0.3 is 20.3 Å². The molecule has 3 aliphatic rings. The van der Waals surface area contributed by atoms with E-state index in [-0.39, 0.29) is 22.9 Å². The molecule has 1 aliphatic heterocycles. The third kappa shape index (κ3) is 2.99. The number of aromatic nitrogens is 1. The highest BCUT2D eigenvalue weighted by Crippen LogP contribution is 2.52. The van der Waals surface area contributed by atoms with Gasteiger partial charge in [0, 0.05) is 35.3 Å². The summed E-state index contributed by atoms with van der Waals surface area (Å²) in [6, 6.07) is 3.34. The van der Waals surface area contributed by atoms with Crippen molar-refractivity contribution in [3.8, 4) is 0 Å². The fourth-order valence-electron chi connectivity index (χ4n) is 5.56. The second-order valence-corrected chi connectivity index (χ2v) is 8.98. The predicted octanol–water partition coefficient (Wildman–Crippen LogP) is 1.46. The van der Waals surface area contributed by atoms with Crippen molar-refractivity contribution in [2.45, 2.75) is 63.6 Å². The fraction of sp³-hybridized carbons (Fsp3) is 0.700. The summed E-state index contributed by atoms with van der Waals surface area (Å²) in [4.78, 5) is 29.8. The summed E-state index contributed by atoms with van der Waals surface area (Å²) >= 11 is 0. The molecule has 1 aromatic heterocycles. The maximum absolute atomic E-state index is 12.7. The average molecular weight is 359 g/mol. The second-order valence-electron chi connectivity index (χ2n) is 8.98. The van der Waals surface area contributed by atoms with E-state index in [1.807, 2.05) is 0 Å². The Hall–Kier alpha value is -1.66. The summed E-state index contributed by atoms with van der Waals surface area (Å²) in [5.41, 5.74) is 1.11. The van der Waals surface area contributed by atoms with Crippen LogP contribution in [0.15, 0.2) is 16.9 Å². The molecule has 2 saturated carbocycles. The summed E-state index contributed by atoms with van der Waals surface area (Å²) in [6.07, 6.45) is 3.13. The number of hydrogen-bond acceptors (Lipinski definition) is 4. The average Bonchev–Trinajstić information content (AvgIpc) is 3.32. The Bertz CT molecular complexity index is 765. The van der Waals surface area contributed by atoms with Gasteiger partial charge in [0.15, 0.2) is 0 Å². The minimum atomic E-state index is -0.529. The number of pyridine rings is 1. The lowest BCUT2D eigenvalue weighted by atomic mass is 9.66. The number of aliphatic hydroxyl groups excluding tert-OH is 1. The maximum Gasteiger partial charge on any atom is 0.251 e. The fourth-order valence-corrected chi connectivity index (χ4v) is 5.56. The van der Waals surface area contributed by atoms with Crippen LogP contribution >= 0.6 is 0 Å². The van der Waals surface area contributed by atoms with Gasteiger partial charge in [-0.25, -0.2) is 0 Å². The van der Waals surface area contributed by atoms with Crippen LogP contribution in [0, 0.1) is 11.3 Å². The largest absolute Gasteiger partial charge is 0.391 e. The van der Waals surface area contributed by atoms with Gasteiger partial charge in [-0.2, -0.15) is 0 Å². The van der Waals surface area contributed by atoms with Gasteiger partial charge >= 0.3 is 0 Å². The number of nitrogens with zero attached hydrogens (tertiary/aromatic N) is 1. The number of carbonyl (C=O) groups excluding carboxylic acids is 1. The first-order valence-corrected chi connectivity index (χ1v) is 9.72. The zero-order chi connectivity index (χ0) is 18.6. The van der Waals surface area contributed by atoms with Crippen LogP contribution in [-0.4, -0.2) is 52.7 Å². The summed E-state index contributed by atoms with van der Waals surface area (Å²) in [7, 11) is 2.13. The molecule has 2 aliphatic carbocycles. The number of nitrogens with one attached hydrogen (secondary N) is 2. The molecule has 142 valence electrons. The van der Waals surface area contributed by atoms with Gasteiger partial charge in [0.2, 0.25) is 5.56 Å². The number of carbonyl (C=O) groups is 1. The third-order valence-corrected chi connectivity index (χ3v) is 6.47. The molecule has 1 saturated heterocycles. The van der Waals surface area contributed by atoms with Crippen LogP contribution in [-0.2, 0) is 0 Å². The van der Waals surface area contributed by atoms with E-state index >= 15 is 0 Å². The minimum absolute atomic E-state index is 0.0909. The van der Waals surface area contributed by atoms with E-state index in [1.165, 1.54) is 6.07 Å². The van der Waals surface area contributed by atoms with Crippen molar-refractivity contribution in [3.63, 3.8) is 0 Å². The smallest absolute Gasteiger partial charge is 0.251 e. The van der Waals surface area contributed by atoms with Crippen LogP contribution in [0.5, 0.6) is 0 Å². The van der Waals surface area contributed by atoms with Crippen LogP contribution < -0.4 is 10.9 Å². The minimum Gasteiger partial charge on any atom is -0.391 e. The number of likely N-dealkylation sites (tertiary alicyclic amines) is 1. The molecule has 6 heteroatoms. The summed E-state index contributed by atoms with van der Waals surface area (Å²) in [6.45, 7) is 5.40. The molecule has 3 fully saturated rings. The number of aromatic amines is 1. The van der Waals surface area contributed by atoms with Crippen LogP contribution in [0.4, 0.5) is 0 Å². The molecule has 6 nitrogen and oxygen atoms in total. The molecule has 2 heterocycles. The van der Waals surface area contributed by atoms with E-state index in [2.05, 4.69) is 36.1 Å². The lowest BCUT2D eigenvalue weighted by molar-refractivity contribution is -0.0827. The Morgan fingerprint density at radius 1 is 1.35 bits per heavy atom. The van der Waals surface area contributed by atoms with Crippen molar-refractivity contribution >= 4 is 5.91 Å². The number of amides is 1. The molecule has 1 spiro atoms. The van der Waals surface area contributed by atoms with Crippen molar-refractivity contribution in [3.05, 3.63) is 33.7 Å². The number of H-pyrrole nitrogens is 1. The van der Waals surface area contributed by atoms with Crippen LogP contribution in [0.1, 0.15) is 61.5 Å². The lowest BCUT2D eigenvalue weighted by Gasteiger charge is -2.57. The summed E-state index contributed by atoms with van der Waals surface area (Å²) in [5.74, 6) is 0.644. The van der Waals surface area contributed by atoms with Crippen molar-refractivity contribution in [1.82, 2.24) is 15.2 Å². The van der Waals surface area contributed by atoms with Crippen molar-refractivity contribution < 1.29 is 9.90 Å². The molecule has 1 aromatic rings. The highest BCUT2D eigenvalue weighted by atomic mass is 16.3. The highest BCUT2D eigenvalue weighted by molar-refractivity contribution is 5.94. The molecule has 4 rings (SSSR count). The summed E-state index contributed by atoms with van der Waals surface area (Å²) in [5, 5.41) is 13.6. The zero-order valence-corrected chi connectivity index (χ0v) is 15.8. The van der Waals surface area contributed by atoms with Gasteiger partial charge in [0.25, 0.3) is 5.91 Å². The number of aliphatic hydroxyl groups is 1. The quantitative estimate of drug-likeness (QED) is 0.760. The van der Waals surface area contributed by atoms with Gasteiger partial charge in [-0.15, -0.1) is 0 Å². The van der Waals surface area contributed by atoms with E-state index in [0.29, 0.717) is 23.4 Å². The summed E-state index contributed by atoms with van der Waals surface area (Å²) < 4.78 is 0. The topological polar surface area (TPSA) is 85.4 Å². The van der Waals surface area contributed by atoms with E-state index in [9.17, 15) is 14.7 Å². The first-order valence-electron chi connectivity index (χ1n) is 9.72. The van der Waals surface area contributed by atoms with Gasteiger partial charge in [-0.1, -0.05) is 13.8 Å².